The fourth-order valence-corrected chi connectivity index (χ4v) is 3.57. The first-order chi connectivity index (χ1) is 8.88. The lowest BCUT2D eigenvalue weighted by Crippen LogP contribution is -2.04. The van der Waals surface area contributed by atoms with Gasteiger partial charge in [0.05, 0.1) is 0 Å². The number of H-pyrrole nitrogens is 1. The van der Waals surface area contributed by atoms with E-state index in [4.69, 9.17) is 0 Å². The second kappa shape index (κ2) is 4.99. The van der Waals surface area contributed by atoms with Gasteiger partial charge >= 0.3 is 0 Å². The van der Waals surface area contributed by atoms with Crippen molar-refractivity contribution in [1.82, 2.24) is 4.98 Å². The number of hydrogen-bond acceptors (Lipinski definition) is 2. The smallest absolute Gasteiger partial charge is 0.126 e. The maximum Gasteiger partial charge on any atom is 0.126 e. The van der Waals surface area contributed by atoms with E-state index < -0.39 is 0 Å². The van der Waals surface area contributed by atoms with Crippen LogP contribution in [0.2, 0.25) is 0 Å². The van der Waals surface area contributed by atoms with Crippen LogP contribution in [0.5, 0.6) is 0 Å². The molecule has 0 atom stereocenters. The monoisotopic (exact) mass is 256 g/mol. The SMILES string of the molecule is N#Cc1[nH]c(C2CCCCC2)cc1-c1cccs1. The molecular weight excluding hydrogens is 240 g/mol. The number of rotatable bonds is 2. The van der Waals surface area contributed by atoms with Gasteiger partial charge in [0.2, 0.25) is 0 Å². The Kier molecular flexibility index (Phi) is 3.21. The van der Waals surface area contributed by atoms with E-state index in [9.17, 15) is 5.26 Å². The highest BCUT2D eigenvalue weighted by Gasteiger charge is 2.20. The first-order valence-corrected chi connectivity index (χ1v) is 7.43. The maximum absolute atomic E-state index is 9.25. The van der Waals surface area contributed by atoms with Crippen molar-refractivity contribution < 1.29 is 0 Å². The molecule has 0 radical (unpaired) electrons. The molecule has 1 saturated carbocycles. The lowest BCUT2D eigenvalue weighted by molar-refractivity contribution is 0.438. The summed E-state index contributed by atoms with van der Waals surface area (Å²) >= 11 is 1.69. The van der Waals surface area contributed by atoms with Crippen LogP contribution in [0, 0.1) is 11.3 Å². The van der Waals surface area contributed by atoms with Crippen LogP contribution in [0.3, 0.4) is 0 Å². The summed E-state index contributed by atoms with van der Waals surface area (Å²) in [7, 11) is 0. The molecule has 3 heteroatoms. The van der Waals surface area contributed by atoms with Gasteiger partial charge in [-0.3, -0.25) is 0 Å². The first kappa shape index (κ1) is 11.6. The van der Waals surface area contributed by atoms with E-state index >= 15 is 0 Å². The van der Waals surface area contributed by atoms with Gasteiger partial charge in [0.25, 0.3) is 0 Å². The zero-order chi connectivity index (χ0) is 12.4. The lowest BCUT2D eigenvalue weighted by atomic mass is 9.87. The second-order valence-corrected chi connectivity index (χ2v) is 5.89. The molecule has 1 fully saturated rings. The van der Waals surface area contributed by atoms with Crippen molar-refractivity contribution in [1.29, 1.82) is 5.26 Å². The van der Waals surface area contributed by atoms with Gasteiger partial charge in [-0.15, -0.1) is 11.3 Å². The molecule has 0 unspecified atom stereocenters. The van der Waals surface area contributed by atoms with Crippen molar-refractivity contribution in [3.05, 3.63) is 35.0 Å². The average Bonchev–Trinajstić information content (AvgIpc) is 3.08. The Morgan fingerprint density at radius 3 is 2.78 bits per heavy atom. The van der Waals surface area contributed by atoms with Gasteiger partial charge in [-0.05, 0) is 36.3 Å². The number of nitrogens with one attached hydrogen (secondary N) is 1. The Hall–Kier alpha value is -1.53. The molecule has 0 aliphatic heterocycles. The highest BCUT2D eigenvalue weighted by molar-refractivity contribution is 7.13. The average molecular weight is 256 g/mol. The number of nitrogens with zero attached hydrogens (tertiary/aromatic N) is 1. The minimum Gasteiger partial charge on any atom is -0.349 e. The normalized spacial score (nSPS) is 16.6. The van der Waals surface area contributed by atoms with Crippen molar-refractivity contribution in [3.8, 4) is 16.5 Å². The molecule has 0 bridgehead atoms. The Morgan fingerprint density at radius 1 is 1.28 bits per heavy atom. The Balaban J connectivity index is 1.96. The molecule has 0 aromatic carbocycles. The summed E-state index contributed by atoms with van der Waals surface area (Å²) in [5.74, 6) is 0.625. The molecule has 2 aromatic rings. The van der Waals surface area contributed by atoms with Crippen LogP contribution in [-0.2, 0) is 0 Å². The third-order valence-electron chi connectivity index (χ3n) is 3.78. The molecule has 2 aromatic heterocycles. The summed E-state index contributed by atoms with van der Waals surface area (Å²) < 4.78 is 0. The van der Waals surface area contributed by atoms with Gasteiger partial charge in [0.1, 0.15) is 11.8 Å². The van der Waals surface area contributed by atoms with Crippen LogP contribution in [0.4, 0.5) is 0 Å². The summed E-state index contributed by atoms with van der Waals surface area (Å²) in [6.07, 6.45) is 6.52. The summed E-state index contributed by atoms with van der Waals surface area (Å²) in [5.41, 5.74) is 3.06. The van der Waals surface area contributed by atoms with Crippen molar-refractivity contribution in [2.24, 2.45) is 0 Å². The van der Waals surface area contributed by atoms with Crippen molar-refractivity contribution in [2.45, 2.75) is 38.0 Å². The number of hydrogen-bond donors (Lipinski definition) is 1. The molecule has 92 valence electrons. The molecule has 2 heterocycles. The van der Waals surface area contributed by atoms with Crippen molar-refractivity contribution in [2.75, 3.05) is 0 Å². The topological polar surface area (TPSA) is 39.6 Å². The minimum absolute atomic E-state index is 0.625. The number of nitriles is 1. The van der Waals surface area contributed by atoms with Crippen molar-refractivity contribution >= 4 is 11.3 Å². The van der Waals surface area contributed by atoms with E-state index in [0.717, 1.165) is 11.3 Å². The van der Waals surface area contributed by atoms with Crippen LogP contribution in [0.15, 0.2) is 23.6 Å². The molecule has 0 spiro atoms. The van der Waals surface area contributed by atoms with Crippen LogP contribution in [0.25, 0.3) is 10.4 Å². The van der Waals surface area contributed by atoms with Gasteiger partial charge in [0, 0.05) is 16.1 Å². The lowest BCUT2D eigenvalue weighted by Gasteiger charge is -2.20. The van der Waals surface area contributed by atoms with Gasteiger partial charge in [-0.25, -0.2) is 0 Å². The Morgan fingerprint density at radius 2 is 2.11 bits per heavy atom. The highest BCUT2D eigenvalue weighted by atomic mass is 32.1. The predicted octanol–water partition coefficient (Wildman–Crippen LogP) is 4.66. The van der Waals surface area contributed by atoms with Gasteiger partial charge < -0.3 is 4.98 Å². The zero-order valence-corrected chi connectivity index (χ0v) is 11.1. The third-order valence-corrected chi connectivity index (χ3v) is 4.69. The van der Waals surface area contributed by atoms with Gasteiger partial charge in [0.15, 0.2) is 0 Å². The molecule has 0 saturated heterocycles. The fourth-order valence-electron chi connectivity index (χ4n) is 2.82. The van der Waals surface area contributed by atoms with E-state index in [-0.39, 0.29) is 0 Å². The molecule has 0 amide bonds. The third kappa shape index (κ3) is 2.09. The Labute approximate surface area is 111 Å². The van der Waals surface area contributed by atoms with Gasteiger partial charge in [-0.1, -0.05) is 25.3 Å². The maximum atomic E-state index is 9.25. The van der Waals surface area contributed by atoms with E-state index in [1.165, 1.54) is 42.7 Å². The van der Waals surface area contributed by atoms with E-state index in [1.54, 1.807) is 11.3 Å². The molecule has 18 heavy (non-hydrogen) atoms. The standard InChI is InChI=1S/C15H16N2S/c16-10-14-12(15-7-4-8-18-15)9-13(17-14)11-5-2-1-3-6-11/h4,7-9,11,17H,1-3,5-6H2. The van der Waals surface area contributed by atoms with Crippen LogP contribution in [0.1, 0.15) is 49.4 Å². The van der Waals surface area contributed by atoms with E-state index in [1.807, 2.05) is 6.07 Å². The zero-order valence-electron chi connectivity index (χ0n) is 10.3. The Bertz CT molecular complexity index is 554. The molecular formula is C15H16N2S. The molecule has 1 aliphatic carbocycles. The van der Waals surface area contributed by atoms with Gasteiger partial charge in [-0.2, -0.15) is 5.26 Å². The summed E-state index contributed by atoms with van der Waals surface area (Å²) in [5, 5.41) is 11.3. The predicted molar refractivity (Wildman–Crippen MR) is 74.6 cm³/mol. The van der Waals surface area contributed by atoms with E-state index in [2.05, 4.69) is 28.6 Å². The largest absolute Gasteiger partial charge is 0.349 e. The quantitative estimate of drug-likeness (QED) is 0.833. The van der Waals surface area contributed by atoms with Crippen LogP contribution in [-0.4, -0.2) is 4.98 Å². The number of thiophene rings is 1. The fraction of sp³-hybridized carbons (Fsp3) is 0.400. The highest BCUT2D eigenvalue weighted by Crippen LogP contribution is 2.36. The minimum atomic E-state index is 0.625. The number of aromatic nitrogens is 1. The molecule has 3 rings (SSSR count). The summed E-state index contributed by atoms with van der Waals surface area (Å²) in [6, 6.07) is 8.61. The van der Waals surface area contributed by atoms with Crippen molar-refractivity contribution in [3.63, 3.8) is 0 Å². The first-order valence-electron chi connectivity index (χ1n) is 6.55. The molecule has 2 nitrogen and oxygen atoms in total. The molecule has 1 aliphatic rings. The second-order valence-electron chi connectivity index (χ2n) is 4.94. The van der Waals surface area contributed by atoms with Crippen LogP contribution >= 0.6 is 11.3 Å². The number of aromatic amines is 1. The summed E-state index contributed by atoms with van der Waals surface area (Å²) in [4.78, 5) is 4.52. The van der Waals surface area contributed by atoms with E-state index in [0.29, 0.717) is 5.92 Å². The van der Waals surface area contributed by atoms with Crippen LogP contribution < -0.4 is 0 Å². The summed E-state index contributed by atoms with van der Waals surface area (Å²) in [6.45, 7) is 0. The molecule has 1 N–H and O–H groups in total.